The molecule has 0 unspecified atom stereocenters. The van der Waals surface area contributed by atoms with Crippen LogP contribution in [0.4, 0.5) is 14.9 Å². The summed E-state index contributed by atoms with van der Waals surface area (Å²) in [4.78, 5) is 32.8. The van der Waals surface area contributed by atoms with E-state index in [-0.39, 0.29) is 25.1 Å². The topological polar surface area (TPSA) is 99.5 Å². The molecule has 0 bridgehead atoms. The van der Waals surface area contributed by atoms with E-state index in [1.165, 1.54) is 12.1 Å². The number of hydrogen-bond donors (Lipinski definition) is 2. The monoisotopic (exact) mass is 579 g/mol. The summed E-state index contributed by atoms with van der Waals surface area (Å²) in [7, 11) is 3.62. The number of rotatable bonds is 5. The summed E-state index contributed by atoms with van der Waals surface area (Å²) in [6.45, 7) is 4.08. The van der Waals surface area contributed by atoms with Gasteiger partial charge in [-0.1, -0.05) is 6.07 Å². The predicted octanol–water partition coefficient (Wildman–Crippen LogP) is 3.10. The summed E-state index contributed by atoms with van der Waals surface area (Å²) >= 11 is 0. The second kappa shape index (κ2) is 11.5. The molecule has 10 nitrogen and oxygen atoms in total. The van der Waals surface area contributed by atoms with Crippen LogP contribution in [0.25, 0.3) is 10.9 Å². The first-order valence-electron chi connectivity index (χ1n) is 14.5. The molecular formula is C31H38FN5O5. The second-order valence-electron chi connectivity index (χ2n) is 11.5. The predicted molar refractivity (Wildman–Crippen MR) is 156 cm³/mol. The fourth-order valence-electron chi connectivity index (χ4n) is 6.98. The van der Waals surface area contributed by atoms with Crippen LogP contribution in [0, 0.1) is 5.82 Å². The molecule has 11 heteroatoms. The van der Waals surface area contributed by atoms with Crippen molar-refractivity contribution in [3.8, 4) is 5.75 Å². The summed E-state index contributed by atoms with van der Waals surface area (Å²) < 4.78 is 26.8. The first kappa shape index (κ1) is 28.4. The molecular weight excluding hydrogens is 541 g/mol. The molecule has 4 heterocycles. The minimum atomic E-state index is -0.489. The maximum Gasteiger partial charge on any atom is 0.321 e. The smallest absolute Gasteiger partial charge is 0.321 e. The number of aryl methyl sites for hydroxylation is 1. The molecule has 3 amide bonds. The van der Waals surface area contributed by atoms with Gasteiger partial charge in [0.05, 0.1) is 45.0 Å². The van der Waals surface area contributed by atoms with Gasteiger partial charge in [0.1, 0.15) is 11.6 Å². The second-order valence-corrected chi connectivity index (χ2v) is 11.5. The molecule has 2 N–H and O–H groups in total. The highest BCUT2D eigenvalue weighted by molar-refractivity contribution is 5.91. The molecule has 0 aliphatic carbocycles. The van der Waals surface area contributed by atoms with Crippen LogP contribution in [0.5, 0.6) is 5.75 Å². The number of aliphatic hydroxyl groups is 1. The molecule has 0 radical (unpaired) electrons. The molecule has 1 aromatic heterocycles. The lowest BCUT2D eigenvalue weighted by molar-refractivity contribution is -0.139. The Hall–Kier alpha value is -3.67. The summed E-state index contributed by atoms with van der Waals surface area (Å²) in [5.74, 6) is 0.308. The van der Waals surface area contributed by atoms with Crippen molar-refractivity contribution in [1.82, 2.24) is 19.3 Å². The van der Waals surface area contributed by atoms with Crippen LogP contribution in [0.1, 0.15) is 30.1 Å². The quantitative estimate of drug-likeness (QED) is 0.482. The van der Waals surface area contributed by atoms with Crippen molar-refractivity contribution in [2.24, 2.45) is 7.05 Å². The summed E-state index contributed by atoms with van der Waals surface area (Å²) in [6.07, 6.45) is 1.28. The number of fused-ring (bicyclic) bond motifs is 4. The average Bonchev–Trinajstić information content (AvgIpc) is 3.30. The van der Waals surface area contributed by atoms with Gasteiger partial charge in [0.15, 0.2) is 0 Å². The number of carbonyl (C=O) groups excluding carboxylic acids is 2. The third kappa shape index (κ3) is 5.10. The van der Waals surface area contributed by atoms with Gasteiger partial charge in [-0.05, 0) is 48.7 Å². The SMILES string of the molecule is COc1ccc2c3c(n(C)c2c1)[C@H](CO)N(C(=O)CN1CCOCC1)CC31CCN(C(=O)Nc2cccc(F)c2)CC1. The Labute approximate surface area is 244 Å². The van der Waals surface area contributed by atoms with Gasteiger partial charge in [0.2, 0.25) is 5.91 Å². The number of methoxy groups -OCH3 is 1. The Kier molecular flexibility index (Phi) is 7.82. The van der Waals surface area contributed by atoms with Gasteiger partial charge in [-0.2, -0.15) is 0 Å². The molecule has 3 aromatic rings. The van der Waals surface area contributed by atoms with E-state index < -0.39 is 17.3 Å². The van der Waals surface area contributed by atoms with Gasteiger partial charge in [0, 0.05) is 68.0 Å². The minimum absolute atomic E-state index is 0.0184. The van der Waals surface area contributed by atoms with Crippen LogP contribution in [0.3, 0.4) is 0 Å². The molecule has 42 heavy (non-hydrogen) atoms. The van der Waals surface area contributed by atoms with E-state index in [1.54, 1.807) is 24.1 Å². The number of aromatic nitrogens is 1. The van der Waals surface area contributed by atoms with Crippen LogP contribution >= 0.6 is 0 Å². The zero-order chi connectivity index (χ0) is 29.4. The highest BCUT2D eigenvalue weighted by Gasteiger charge is 2.50. The maximum atomic E-state index is 13.9. The number of anilines is 1. The number of aliphatic hydroxyl groups excluding tert-OH is 1. The third-order valence-corrected chi connectivity index (χ3v) is 9.19. The molecule has 0 saturated carbocycles. The van der Waals surface area contributed by atoms with E-state index in [4.69, 9.17) is 9.47 Å². The molecule has 2 saturated heterocycles. The number of urea groups is 1. The number of likely N-dealkylation sites (tertiary alicyclic amines) is 1. The van der Waals surface area contributed by atoms with Gasteiger partial charge in [-0.15, -0.1) is 0 Å². The Morgan fingerprint density at radius 2 is 1.88 bits per heavy atom. The van der Waals surface area contributed by atoms with Crippen LogP contribution in [0.15, 0.2) is 42.5 Å². The van der Waals surface area contributed by atoms with Crippen molar-refractivity contribution in [3.05, 3.63) is 59.5 Å². The molecule has 2 aromatic carbocycles. The number of hydrogen-bond acceptors (Lipinski definition) is 6. The third-order valence-electron chi connectivity index (χ3n) is 9.19. The van der Waals surface area contributed by atoms with Crippen molar-refractivity contribution in [2.45, 2.75) is 24.3 Å². The summed E-state index contributed by atoms with van der Waals surface area (Å²) in [5, 5.41) is 14.6. The number of nitrogens with zero attached hydrogens (tertiary/aromatic N) is 4. The van der Waals surface area contributed by atoms with Gasteiger partial charge in [-0.25, -0.2) is 9.18 Å². The van der Waals surface area contributed by atoms with E-state index in [2.05, 4.69) is 20.9 Å². The Balaban J connectivity index is 1.34. The number of benzene rings is 2. The zero-order valence-electron chi connectivity index (χ0n) is 24.1. The molecule has 3 aliphatic rings. The minimum Gasteiger partial charge on any atom is -0.497 e. The maximum absolute atomic E-state index is 13.9. The van der Waals surface area contributed by atoms with Crippen molar-refractivity contribution >= 4 is 28.5 Å². The number of morpholine rings is 1. The van der Waals surface area contributed by atoms with E-state index in [0.717, 1.165) is 27.9 Å². The van der Waals surface area contributed by atoms with E-state index in [9.17, 15) is 19.1 Å². The van der Waals surface area contributed by atoms with Crippen LogP contribution in [-0.4, -0.2) is 103 Å². The first-order valence-corrected chi connectivity index (χ1v) is 14.5. The molecule has 1 atom stereocenters. The van der Waals surface area contributed by atoms with E-state index >= 15 is 0 Å². The van der Waals surface area contributed by atoms with Crippen molar-refractivity contribution < 1.29 is 28.6 Å². The fraction of sp³-hybridized carbons (Fsp3) is 0.484. The van der Waals surface area contributed by atoms with Crippen molar-refractivity contribution in [2.75, 3.05) is 71.5 Å². The van der Waals surface area contributed by atoms with Crippen molar-refractivity contribution in [1.29, 1.82) is 0 Å². The molecule has 2 fully saturated rings. The Morgan fingerprint density at radius 1 is 1.12 bits per heavy atom. The zero-order valence-corrected chi connectivity index (χ0v) is 24.1. The lowest BCUT2D eigenvalue weighted by atomic mass is 9.68. The number of halogens is 1. The molecule has 224 valence electrons. The normalized spacial score (nSPS) is 20.5. The van der Waals surface area contributed by atoms with Crippen LogP contribution in [-0.2, 0) is 22.0 Å². The average molecular weight is 580 g/mol. The van der Waals surface area contributed by atoms with Gasteiger partial charge in [-0.3, -0.25) is 9.69 Å². The summed E-state index contributed by atoms with van der Waals surface area (Å²) in [5.41, 5.74) is 3.05. The lowest BCUT2D eigenvalue weighted by Crippen LogP contribution is -2.58. The highest BCUT2D eigenvalue weighted by Crippen LogP contribution is 2.50. The number of nitrogens with one attached hydrogen (secondary N) is 1. The largest absolute Gasteiger partial charge is 0.497 e. The first-order chi connectivity index (χ1) is 20.3. The number of piperidine rings is 1. The van der Waals surface area contributed by atoms with E-state index in [0.29, 0.717) is 64.5 Å². The molecule has 3 aliphatic heterocycles. The Morgan fingerprint density at radius 3 is 2.57 bits per heavy atom. The lowest BCUT2D eigenvalue weighted by Gasteiger charge is -2.50. The number of ether oxygens (including phenoxy) is 2. The van der Waals surface area contributed by atoms with Gasteiger partial charge >= 0.3 is 6.03 Å². The number of carbonyl (C=O) groups is 2. The Bertz CT molecular complexity index is 1480. The molecule has 1 spiro atoms. The van der Waals surface area contributed by atoms with Crippen LogP contribution < -0.4 is 10.1 Å². The van der Waals surface area contributed by atoms with Gasteiger partial charge < -0.3 is 34.3 Å². The van der Waals surface area contributed by atoms with Gasteiger partial charge in [0.25, 0.3) is 0 Å². The van der Waals surface area contributed by atoms with E-state index in [1.807, 2.05) is 24.1 Å². The molecule has 6 rings (SSSR count). The highest BCUT2D eigenvalue weighted by atomic mass is 19.1. The van der Waals surface area contributed by atoms with Crippen LogP contribution in [0.2, 0.25) is 0 Å². The fourth-order valence-corrected chi connectivity index (χ4v) is 6.98. The summed E-state index contributed by atoms with van der Waals surface area (Å²) in [6, 6.07) is 11.1. The van der Waals surface area contributed by atoms with Crippen molar-refractivity contribution in [3.63, 3.8) is 0 Å². The number of amides is 3. The standard InChI is InChI=1S/C31H38FN5O5/c1-34-25-17-23(41-2)6-7-24(25)28-29(34)26(19-38)37(27(39)18-35-12-14-42-15-13-35)20-31(28)8-10-36(11-9-31)30(40)33-22-5-3-4-21(32)16-22/h3-7,16-17,26,38H,8-15,18-20H2,1-2H3,(H,33,40)/t26-/m0/s1.